The molecule has 0 bridgehead atoms. The molecule has 1 N–H and O–H groups in total. The highest BCUT2D eigenvalue weighted by molar-refractivity contribution is 5.98. The third-order valence-corrected chi connectivity index (χ3v) is 4.45. The number of para-hydroxylation sites is 2. The minimum Gasteiger partial charge on any atom is -0.494 e. The molecular formula is C24H31NO5. The Balaban J connectivity index is 1.85. The Morgan fingerprint density at radius 1 is 0.933 bits per heavy atom. The Kier molecular flexibility index (Phi) is 9.71. The molecule has 30 heavy (non-hydrogen) atoms. The van der Waals surface area contributed by atoms with Crippen molar-refractivity contribution in [3.63, 3.8) is 0 Å². The van der Waals surface area contributed by atoms with Gasteiger partial charge in [-0.1, -0.05) is 38.3 Å². The summed E-state index contributed by atoms with van der Waals surface area (Å²) in [5.41, 5.74) is 0.899. The van der Waals surface area contributed by atoms with Gasteiger partial charge in [0.2, 0.25) is 0 Å². The molecule has 0 heterocycles. The molecular weight excluding hydrogens is 382 g/mol. The van der Waals surface area contributed by atoms with Gasteiger partial charge in [-0.25, -0.2) is 4.79 Å². The molecule has 1 amide bonds. The van der Waals surface area contributed by atoms with E-state index in [4.69, 9.17) is 14.2 Å². The molecule has 0 fully saturated rings. The van der Waals surface area contributed by atoms with E-state index in [0.717, 1.165) is 12.8 Å². The monoisotopic (exact) mass is 413 g/mol. The molecule has 2 aromatic carbocycles. The first-order chi connectivity index (χ1) is 14.5. The molecule has 0 spiro atoms. The topological polar surface area (TPSA) is 73.9 Å². The lowest BCUT2D eigenvalue weighted by Crippen LogP contribution is -2.30. The molecule has 0 saturated carbocycles. The number of anilines is 1. The van der Waals surface area contributed by atoms with Gasteiger partial charge in [-0.3, -0.25) is 4.79 Å². The van der Waals surface area contributed by atoms with Crippen LogP contribution in [0, 0.1) is 0 Å². The lowest BCUT2D eigenvalue weighted by atomic mass is 10.2. The van der Waals surface area contributed by atoms with Crippen molar-refractivity contribution in [2.24, 2.45) is 0 Å². The molecule has 2 rings (SSSR count). The minimum atomic E-state index is -0.957. The van der Waals surface area contributed by atoms with Crippen molar-refractivity contribution >= 4 is 17.6 Å². The summed E-state index contributed by atoms with van der Waals surface area (Å²) in [6.07, 6.45) is 3.59. The third-order valence-electron chi connectivity index (χ3n) is 4.45. The Morgan fingerprint density at radius 2 is 1.67 bits per heavy atom. The van der Waals surface area contributed by atoms with Crippen molar-refractivity contribution in [1.82, 2.24) is 0 Å². The zero-order valence-corrected chi connectivity index (χ0v) is 18.0. The van der Waals surface area contributed by atoms with Gasteiger partial charge in [0.25, 0.3) is 5.91 Å². The van der Waals surface area contributed by atoms with E-state index in [1.807, 2.05) is 13.0 Å². The highest BCUT2D eigenvalue weighted by atomic mass is 16.5. The summed E-state index contributed by atoms with van der Waals surface area (Å²) in [6, 6.07) is 13.9. The van der Waals surface area contributed by atoms with Crippen molar-refractivity contribution in [2.75, 3.05) is 18.5 Å². The first-order valence-corrected chi connectivity index (χ1v) is 10.5. The fraction of sp³-hybridized carbons (Fsp3) is 0.417. The number of carbonyl (C=O) groups is 2. The van der Waals surface area contributed by atoms with Crippen LogP contribution in [0.3, 0.4) is 0 Å². The van der Waals surface area contributed by atoms with Crippen LogP contribution in [0.15, 0.2) is 48.5 Å². The summed E-state index contributed by atoms with van der Waals surface area (Å²) in [4.78, 5) is 24.8. The summed E-state index contributed by atoms with van der Waals surface area (Å²) < 4.78 is 16.5. The van der Waals surface area contributed by atoms with Gasteiger partial charge in [0.15, 0.2) is 6.10 Å². The first kappa shape index (κ1) is 23.3. The van der Waals surface area contributed by atoms with Gasteiger partial charge < -0.3 is 19.5 Å². The number of nitrogens with one attached hydrogen (secondary N) is 1. The largest absolute Gasteiger partial charge is 0.494 e. The molecule has 6 heteroatoms. The van der Waals surface area contributed by atoms with Crippen molar-refractivity contribution in [3.05, 3.63) is 54.1 Å². The lowest BCUT2D eigenvalue weighted by molar-refractivity contribution is -0.123. The zero-order chi connectivity index (χ0) is 21.8. The average Bonchev–Trinajstić information content (AvgIpc) is 2.75. The van der Waals surface area contributed by atoms with Gasteiger partial charge in [-0.15, -0.1) is 0 Å². The highest BCUT2D eigenvalue weighted by Gasteiger charge is 2.20. The van der Waals surface area contributed by atoms with Crippen LogP contribution < -0.4 is 14.8 Å². The maximum atomic E-state index is 12.4. The second kappa shape index (κ2) is 12.5. The molecule has 0 aliphatic carbocycles. The maximum Gasteiger partial charge on any atom is 0.338 e. The SMILES string of the molecule is CCCCCCOc1ccc(C(=O)OC(C)C(=O)Nc2ccccc2OCC)cc1. The summed E-state index contributed by atoms with van der Waals surface area (Å²) in [5.74, 6) is 0.284. The molecule has 162 valence electrons. The van der Waals surface area contributed by atoms with E-state index in [1.54, 1.807) is 42.5 Å². The predicted molar refractivity (Wildman–Crippen MR) is 117 cm³/mol. The van der Waals surface area contributed by atoms with E-state index in [9.17, 15) is 9.59 Å². The Labute approximate surface area is 178 Å². The van der Waals surface area contributed by atoms with Crippen molar-refractivity contribution in [3.8, 4) is 11.5 Å². The fourth-order valence-corrected chi connectivity index (χ4v) is 2.77. The number of unbranched alkanes of at least 4 members (excludes halogenated alkanes) is 3. The van der Waals surface area contributed by atoms with Gasteiger partial charge in [0, 0.05) is 0 Å². The number of rotatable bonds is 12. The first-order valence-electron chi connectivity index (χ1n) is 10.5. The van der Waals surface area contributed by atoms with Crippen molar-refractivity contribution in [1.29, 1.82) is 0 Å². The molecule has 1 atom stereocenters. The molecule has 1 unspecified atom stereocenters. The standard InChI is InChI=1S/C24H31NO5/c1-4-6-7-10-17-29-20-15-13-19(14-16-20)24(27)30-18(3)23(26)25-21-11-8-9-12-22(21)28-5-2/h8-9,11-16,18H,4-7,10,17H2,1-3H3,(H,25,26). The van der Waals surface area contributed by atoms with Crippen LogP contribution >= 0.6 is 0 Å². The number of ether oxygens (including phenoxy) is 3. The molecule has 0 aliphatic rings. The van der Waals surface area contributed by atoms with Crippen molar-refractivity contribution in [2.45, 2.75) is 52.6 Å². The second-order valence-electron chi connectivity index (χ2n) is 6.90. The summed E-state index contributed by atoms with van der Waals surface area (Å²) >= 11 is 0. The van der Waals surface area contributed by atoms with Gasteiger partial charge in [0.1, 0.15) is 11.5 Å². The van der Waals surface area contributed by atoms with E-state index in [2.05, 4.69) is 12.2 Å². The number of esters is 1. The van der Waals surface area contributed by atoms with Crippen LogP contribution in [-0.2, 0) is 9.53 Å². The van der Waals surface area contributed by atoms with Gasteiger partial charge >= 0.3 is 5.97 Å². The number of hydrogen-bond donors (Lipinski definition) is 1. The summed E-state index contributed by atoms with van der Waals surface area (Å²) in [6.45, 7) is 6.71. The second-order valence-corrected chi connectivity index (χ2v) is 6.90. The number of hydrogen-bond acceptors (Lipinski definition) is 5. The summed E-state index contributed by atoms with van der Waals surface area (Å²) in [7, 11) is 0. The predicted octanol–water partition coefficient (Wildman–Crippen LogP) is 5.23. The minimum absolute atomic E-state index is 0.364. The van der Waals surface area contributed by atoms with E-state index >= 15 is 0 Å². The fourth-order valence-electron chi connectivity index (χ4n) is 2.77. The smallest absolute Gasteiger partial charge is 0.338 e. The van der Waals surface area contributed by atoms with Gasteiger partial charge in [-0.05, 0) is 56.7 Å². The van der Waals surface area contributed by atoms with Crippen molar-refractivity contribution < 1.29 is 23.8 Å². The average molecular weight is 414 g/mol. The Bertz CT molecular complexity index is 803. The molecule has 0 saturated heterocycles. The molecule has 0 aromatic heterocycles. The van der Waals surface area contributed by atoms with E-state index in [0.29, 0.717) is 36.0 Å². The van der Waals surface area contributed by atoms with E-state index in [1.165, 1.54) is 19.8 Å². The van der Waals surface area contributed by atoms with Gasteiger partial charge in [0.05, 0.1) is 24.5 Å². The van der Waals surface area contributed by atoms with Crippen LogP contribution in [0.2, 0.25) is 0 Å². The number of amides is 1. The van der Waals surface area contributed by atoms with Gasteiger partial charge in [-0.2, -0.15) is 0 Å². The molecule has 2 aromatic rings. The van der Waals surface area contributed by atoms with Crippen LogP contribution in [0.5, 0.6) is 11.5 Å². The van der Waals surface area contributed by atoms with Crippen LogP contribution in [0.4, 0.5) is 5.69 Å². The van der Waals surface area contributed by atoms with E-state index in [-0.39, 0.29) is 0 Å². The lowest BCUT2D eigenvalue weighted by Gasteiger charge is -2.15. The van der Waals surface area contributed by atoms with Crippen LogP contribution in [0.25, 0.3) is 0 Å². The molecule has 6 nitrogen and oxygen atoms in total. The highest BCUT2D eigenvalue weighted by Crippen LogP contribution is 2.24. The Hall–Kier alpha value is -3.02. The Morgan fingerprint density at radius 3 is 2.37 bits per heavy atom. The number of carbonyl (C=O) groups excluding carboxylic acids is 2. The van der Waals surface area contributed by atoms with E-state index < -0.39 is 18.0 Å². The zero-order valence-electron chi connectivity index (χ0n) is 18.0. The molecule has 0 aliphatic heterocycles. The van der Waals surface area contributed by atoms with Crippen LogP contribution in [-0.4, -0.2) is 31.2 Å². The normalized spacial score (nSPS) is 11.4. The maximum absolute atomic E-state index is 12.4. The molecule has 0 radical (unpaired) electrons. The summed E-state index contributed by atoms with van der Waals surface area (Å²) in [5, 5.41) is 2.74. The van der Waals surface area contributed by atoms with Crippen LogP contribution in [0.1, 0.15) is 56.8 Å². The third kappa shape index (κ3) is 7.43. The quantitative estimate of drug-likeness (QED) is 0.381. The number of benzene rings is 2.